The van der Waals surface area contributed by atoms with Crippen molar-refractivity contribution in [2.45, 2.75) is 42.8 Å². The van der Waals surface area contributed by atoms with Gasteiger partial charge in [-0.1, -0.05) is 0 Å². The van der Waals surface area contributed by atoms with Crippen LogP contribution in [0, 0.1) is 5.92 Å². The minimum atomic E-state index is -0.617. The SMILES string of the molecule is CC[C@H]1[C@H]2O[C@H]2I2CC(C)(C)[I-][C@@H]12. The van der Waals surface area contributed by atoms with Gasteiger partial charge >= 0.3 is 98.9 Å². The Balaban J connectivity index is 1.84. The second-order valence-electron chi connectivity index (χ2n) is 4.75. The van der Waals surface area contributed by atoms with Gasteiger partial charge < -0.3 is 0 Å². The van der Waals surface area contributed by atoms with Crippen LogP contribution >= 0.6 is 19.8 Å². The summed E-state index contributed by atoms with van der Waals surface area (Å²) in [7, 11) is 0. The number of alkyl halides is 5. The van der Waals surface area contributed by atoms with Gasteiger partial charge in [0, 0.05) is 0 Å². The van der Waals surface area contributed by atoms with Crippen LogP contribution in [0.25, 0.3) is 0 Å². The Labute approximate surface area is 98.0 Å². The molecule has 0 N–H and O–H groups in total. The van der Waals surface area contributed by atoms with Gasteiger partial charge in [-0.15, -0.1) is 0 Å². The first kappa shape index (κ1) is 9.63. The summed E-state index contributed by atoms with van der Waals surface area (Å²) >= 11 is -0.119. The summed E-state index contributed by atoms with van der Waals surface area (Å²) in [5.74, 6) is 1.02. The van der Waals surface area contributed by atoms with Crippen molar-refractivity contribution in [3.63, 3.8) is 0 Å². The van der Waals surface area contributed by atoms with Crippen molar-refractivity contribution in [1.82, 2.24) is 0 Å². The van der Waals surface area contributed by atoms with Gasteiger partial charge in [-0.2, -0.15) is 0 Å². The first-order chi connectivity index (χ1) is 6.12. The number of rotatable bonds is 1. The predicted molar refractivity (Wildman–Crippen MR) is 59.2 cm³/mol. The monoisotopic (exact) mass is 407 g/mol. The summed E-state index contributed by atoms with van der Waals surface area (Å²) in [5.41, 5.74) is 0. The molecule has 0 aromatic rings. The van der Waals surface area contributed by atoms with E-state index in [9.17, 15) is 0 Å². The van der Waals surface area contributed by atoms with E-state index in [4.69, 9.17) is 4.74 Å². The van der Waals surface area contributed by atoms with Crippen molar-refractivity contribution >= 4 is 19.8 Å². The quantitative estimate of drug-likeness (QED) is 0.324. The van der Waals surface area contributed by atoms with Gasteiger partial charge in [0.15, 0.2) is 0 Å². The van der Waals surface area contributed by atoms with Gasteiger partial charge in [0.1, 0.15) is 0 Å². The molecule has 3 rings (SSSR count). The fourth-order valence-electron chi connectivity index (χ4n) is 2.47. The number of hydrogen-bond acceptors (Lipinski definition) is 1. The molecule has 3 heterocycles. The van der Waals surface area contributed by atoms with Crippen LogP contribution in [0.4, 0.5) is 0 Å². The van der Waals surface area contributed by atoms with Crippen molar-refractivity contribution in [2.24, 2.45) is 5.92 Å². The van der Waals surface area contributed by atoms with Gasteiger partial charge in [-0.3, -0.25) is 0 Å². The van der Waals surface area contributed by atoms with Crippen LogP contribution in [0.3, 0.4) is 0 Å². The Kier molecular flexibility index (Phi) is 2.20. The molecule has 0 aliphatic carbocycles. The molecule has 78 valence electrons. The molecule has 0 radical (unpaired) electrons. The van der Waals surface area contributed by atoms with Crippen molar-refractivity contribution in [3.05, 3.63) is 0 Å². The summed E-state index contributed by atoms with van der Waals surface area (Å²) in [4.78, 5) is 0. The molecule has 4 atom stereocenters. The standard InChI is InChI=1S/C10H17I2O/c1-4-6-7-9(13-7)12-5-10(2,3)11-8(6)12/h6-9H,4-5H2,1-3H3/q-1/t6-,7+,8+,9+/m0/s1. The molecule has 0 aromatic heterocycles. The van der Waals surface area contributed by atoms with E-state index < -0.39 is 19.8 Å². The maximum atomic E-state index is 5.85. The van der Waals surface area contributed by atoms with E-state index in [0.29, 0.717) is 21.2 Å². The molecule has 0 bridgehead atoms. The first-order valence-electron chi connectivity index (χ1n) is 5.05. The van der Waals surface area contributed by atoms with Gasteiger partial charge in [0.05, 0.1) is 0 Å². The van der Waals surface area contributed by atoms with Crippen LogP contribution < -0.4 is 21.2 Å². The van der Waals surface area contributed by atoms with E-state index in [1.165, 1.54) is 8.35 Å². The molecule has 13 heavy (non-hydrogen) atoms. The Bertz CT molecular complexity index is 241. The van der Waals surface area contributed by atoms with Crippen LogP contribution in [0.2, 0.25) is 0 Å². The first-order valence-corrected chi connectivity index (χ1v) is 11.4. The molecule has 0 aromatic carbocycles. The Morgan fingerprint density at radius 1 is 1.54 bits per heavy atom. The predicted octanol–water partition coefficient (Wildman–Crippen LogP) is -0.535. The summed E-state index contributed by atoms with van der Waals surface area (Å²) in [6.45, 7) is 7.40. The van der Waals surface area contributed by atoms with Gasteiger partial charge in [0.25, 0.3) is 0 Å². The number of epoxide rings is 1. The van der Waals surface area contributed by atoms with Crippen molar-refractivity contribution < 1.29 is 25.9 Å². The van der Waals surface area contributed by atoms with E-state index in [2.05, 4.69) is 20.8 Å². The average molecular weight is 407 g/mol. The topological polar surface area (TPSA) is 12.5 Å². The number of hydrogen-bond donors (Lipinski definition) is 0. The van der Waals surface area contributed by atoms with Crippen molar-refractivity contribution in [2.75, 3.05) is 4.43 Å². The normalized spacial score (nSPS) is 53.9. The van der Waals surface area contributed by atoms with E-state index in [0.717, 1.165) is 19.6 Å². The molecule has 1 nitrogen and oxygen atoms in total. The molecule has 3 aliphatic rings. The number of halogens is 2. The van der Waals surface area contributed by atoms with Gasteiger partial charge in [0.2, 0.25) is 0 Å². The van der Waals surface area contributed by atoms with Gasteiger partial charge in [-0.05, 0) is 0 Å². The summed E-state index contributed by atoms with van der Waals surface area (Å²) in [6.07, 6.45) is 2.17. The third-order valence-electron chi connectivity index (χ3n) is 3.10. The number of ether oxygens (including phenoxy) is 1. The average Bonchev–Trinajstić information content (AvgIpc) is 2.66. The summed E-state index contributed by atoms with van der Waals surface area (Å²) < 4.78 is 10.4. The Hall–Kier alpha value is 1.42. The zero-order chi connectivity index (χ0) is 9.22. The van der Waals surface area contributed by atoms with E-state index in [1.54, 1.807) is 4.43 Å². The maximum absolute atomic E-state index is 5.85. The van der Waals surface area contributed by atoms with Gasteiger partial charge in [-0.25, -0.2) is 0 Å². The van der Waals surface area contributed by atoms with Crippen LogP contribution in [0.1, 0.15) is 27.2 Å². The molecule has 0 unspecified atom stereocenters. The molecule has 3 heteroatoms. The fraction of sp³-hybridized carbons (Fsp3) is 1.00. The summed E-state index contributed by atoms with van der Waals surface area (Å²) in [6, 6.07) is 0. The molecule has 0 saturated carbocycles. The molecule has 0 amide bonds. The third-order valence-corrected chi connectivity index (χ3v) is 21.6. The second-order valence-corrected chi connectivity index (χ2v) is 17.8. The van der Waals surface area contributed by atoms with Crippen LogP contribution in [0.15, 0.2) is 0 Å². The minimum absolute atomic E-state index is 0.498. The van der Waals surface area contributed by atoms with E-state index in [1.807, 2.05) is 0 Å². The van der Waals surface area contributed by atoms with E-state index in [-0.39, 0.29) is 0 Å². The van der Waals surface area contributed by atoms with Crippen LogP contribution in [0.5, 0.6) is 0 Å². The zero-order valence-electron chi connectivity index (χ0n) is 8.39. The van der Waals surface area contributed by atoms with Crippen LogP contribution in [-0.2, 0) is 4.74 Å². The summed E-state index contributed by atoms with van der Waals surface area (Å²) in [5, 5.41) is 0. The van der Waals surface area contributed by atoms with Crippen molar-refractivity contribution in [3.8, 4) is 0 Å². The third kappa shape index (κ3) is 1.40. The van der Waals surface area contributed by atoms with E-state index >= 15 is 0 Å². The van der Waals surface area contributed by atoms with Crippen LogP contribution in [-0.4, -0.2) is 20.0 Å². The Morgan fingerprint density at radius 3 is 3.00 bits per heavy atom. The molecule has 3 saturated heterocycles. The molecular formula is C10H17I2O-. The number of fused-ring (bicyclic) bond motifs is 3. The van der Waals surface area contributed by atoms with Crippen molar-refractivity contribution in [1.29, 1.82) is 0 Å². The second kappa shape index (κ2) is 2.97. The Morgan fingerprint density at radius 2 is 2.31 bits per heavy atom. The molecular weight excluding hydrogens is 390 g/mol. The molecule has 3 aliphatic heterocycles. The fourth-order valence-corrected chi connectivity index (χ4v) is 26.4. The molecule has 3 fully saturated rings. The molecule has 0 spiro atoms. The zero-order valence-corrected chi connectivity index (χ0v) is 12.7.